The summed E-state index contributed by atoms with van der Waals surface area (Å²) in [6.07, 6.45) is 4.51. The van der Waals surface area contributed by atoms with Gasteiger partial charge in [-0.3, -0.25) is 19.2 Å². The summed E-state index contributed by atoms with van der Waals surface area (Å²) in [4.78, 5) is 71.1. The molecular formula is C20H29N7O6. The van der Waals surface area contributed by atoms with E-state index in [0.29, 0.717) is 31.4 Å². The van der Waals surface area contributed by atoms with E-state index in [-0.39, 0.29) is 25.9 Å². The number of amides is 4. The maximum Gasteiger partial charge on any atom is 0.326 e. The predicted molar refractivity (Wildman–Crippen MR) is 113 cm³/mol. The number of likely N-dealkylation sites (tertiary alicyclic amines) is 2. The minimum atomic E-state index is -1.15. The molecule has 2 aliphatic heterocycles. The van der Waals surface area contributed by atoms with Crippen LogP contribution in [-0.4, -0.2) is 91.7 Å². The molecule has 3 rings (SSSR count). The SMILES string of the molecule is NC(=O)C[C@H](N)C(=O)N1CCC[C@H]1C(=O)N[C@@H](Cc1cnc[nH]1)C(=O)N1CCC[C@H]1C(=O)O. The Morgan fingerprint density at radius 2 is 1.76 bits per heavy atom. The maximum atomic E-state index is 13.2. The molecule has 0 spiro atoms. The number of aliphatic carboxylic acids is 1. The van der Waals surface area contributed by atoms with E-state index in [4.69, 9.17) is 11.5 Å². The fourth-order valence-electron chi connectivity index (χ4n) is 4.39. The summed E-state index contributed by atoms with van der Waals surface area (Å²) in [5.41, 5.74) is 11.5. The number of rotatable bonds is 9. The van der Waals surface area contributed by atoms with Crippen molar-refractivity contribution >= 4 is 29.6 Å². The number of carbonyl (C=O) groups is 5. The first-order valence-corrected chi connectivity index (χ1v) is 10.8. The van der Waals surface area contributed by atoms with Gasteiger partial charge in [0.15, 0.2) is 0 Å². The summed E-state index contributed by atoms with van der Waals surface area (Å²) in [5.74, 6) is -3.43. The number of carboxylic acids is 1. The normalized spacial score (nSPS) is 22.1. The third-order valence-electron chi connectivity index (χ3n) is 5.99. The Labute approximate surface area is 189 Å². The average Bonchev–Trinajstić information content (AvgIpc) is 3.52. The molecular weight excluding hydrogens is 434 g/mol. The van der Waals surface area contributed by atoms with Crippen LogP contribution in [0.2, 0.25) is 0 Å². The van der Waals surface area contributed by atoms with E-state index in [9.17, 15) is 29.1 Å². The van der Waals surface area contributed by atoms with Gasteiger partial charge in [0.25, 0.3) is 0 Å². The monoisotopic (exact) mass is 463 g/mol. The van der Waals surface area contributed by atoms with Crippen molar-refractivity contribution in [2.75, 3.05) is 13.1 Å². The summed E-state index contributed by atoms with van der Waals surface area (Å²) in [6, 6.07) is -4.01. The standard InChI is InChI=1S/C20H29N7O6/c21-12(8-16(22)28)18(30)26-5-1-3-14(26)17(29)25-13(7-11-9-23-10-24-11)19(31)27-6-2-4-15(27)20(32)33/h9-10,12-15H,1-8,21H2,(H2,22,28)(H,23,24)(H,25,29)(H,32,33)/t12-,13-,14-,15-/m0/s1. The van der Waals surface area contributed by atoms with Crippen LogP contribution >= 0.6 is 0 Å². The molecule has 0 unspecified atom stereocenters. The van der Waals surface area contributed by atoms with Crippen molar-refractivity contribution in [3.8, 4) is 0 Å². The van der Waals surface area contributed by atoms with Gasteiger partial charge in [0.05, 0.1) is 18.8 Å². The highest BCUT2D eigenvalue weighted by molar-refractivity contribution is 5.95. The Morgan fingerprint density at radius 3 is 2.33 bits per heavy atom. The second-order valence-electron chi connectivity index (χ2n) is 8.34. The van der Waals surface area contributed by atoms with Crippen LogP contribution in [0.25, 0.3) is 0 Å². The van der Waals surface area contributed by atoms with Crippen LogP contribution in [0.5, 0.6) is 0 Å². The number of aromatic amines is 1. The van der Waals surface area contributed by atoms with E-state index in [1.807, 2.05) is 0 Å². The second-order valence-corrected chi connectivity index (χ2v) is 8.34. The molecule has 2 saturated heterocycles. The smallest absolute Gasteiger partial charge is 0.326 e. The van der Waals surface area contributed by atoms with E-state index in [2.05, 4.69) is 15.3 Å². The molecule has 7 N–H and O–H groups in total. The molecule has 33 heavy (non-hydrogen) atoms. The van der Waals surface area contributed by atoms with Gasteiger partial charge in [-0.15, -0.1) is 0 Å². The van der Waals surface area contributed by atoms with Gasteiger partial charge in [0.2, 0.25) is 23.6 Å². The van der Waals surface area contributed by atoms with E-state index < -0.39 is 53.8 Å². The molecule has 0 bridgehead atoms. The van der Waals surface area contributed by atoms with Crippen molar-refractivity contribution < 1.29 is 29.1 Å². The quantitative estimate of drug-likeness (QED) is 0.269. The molecule has 13 nitrogen and oxygen atoms in total. The van der Waals surface area contributed by atoms with Gasteiger partial charge in [0.1, 0.15) is 18.1 Å². The first-order valence-electron chi connectivity index (χ1n) is 10.8. The van der Waals surface area contributed by atoms with E-state index in [0.717, 1.165) is 0 Å². The maximum absolute atomic E-state index is 13.2. The Bertz CT molecular complexity index is 905. The lowest BCUT2D eigenvalue weighted by molar-refractivity contribution is -0.149. The van der Waals surface area contributed by atoms with Gasteiger partial charge in [-0.05, 0) is 25.7 Å². The molecule has 0 saturated carbocycles. The molecule has 2 fully saturated rings. The number of H-pyrrole nitrogens is 1. The first-order chi connectivity index (χ1) is 15.7. The van der Waals surface area contributed by atoms with Crippen LogP contribution < -0.4 is 16.8 Å². The van der Waals surface area contributed by atoms with Crippen LogP contribution in [-0.2, 0) is 30.4 Å². The Balaban J connectivity index is 1.75. The third kappa shape index (κ3) is 5.66. The van der Waals surface area contributed by atoms with Crippen LogP contribution in [0.15, 0.2) is 12.5 Å². The van der Waals surface area contributed by atoms with Gasteiger partial charge in [-0.1, -0.05) is 0 Å². The number of nitrogens with zero attached hydrogens (tertiary/aromatic N) is 3. The Hall–Kier alpha value is -3.48. The minimum Gasteiger partial charge on any atom is -0.480 e. The second kappa shape index (κ2) is 10.4. The molecule has 13 heteroatoms. The van der Waals surface area contributed by atoms with Crippen molar-refractivity contribution in [3.05, 3.63) is 18.2 Å². The number of carbonyl (C=O) groups excluding carboxylic acids is 4. The van der Waals surface area contributed by atoms with Gasteiger partial charge >= 0.3 is 5.97 Å². The lowest BCUT2D eigenvalue weighted by Gasteiger charge is -2.30. The zero-order chi connectivity index (χ0) is 24.1. The molecule has 1 aromatic rings. The number of nitrogens with two attached hydrogens (primary N) is 2. The van der Waals surface area contributed by atoms with E-state index in [1.54, 1.807) is 0 Å². The van der Waals surface area contributed by atoms with Crippen LogP contribution in [0.4, 0.5) is 0 Å². The summed E-state index contributed by atoms with van der Waals surface area (Å²) < 4.78 is 0. The van der Waals surface area contributed by atoms with Crippen LogP contribution in [0.1, 0.15) is 37.8 Å². The van der Waals surface area contributed by atoms with E-state index in [1.165, 1.54) is 22.3 Å². The molecule has 4 atom stereocenters. The lowest BCUT2D eigenvalue weighted by Crippen LogP contribution is -2.57. The van der Waals surface area contributed by atoms with Gasteiger partial charge < -0.3 is 36.7 Å². The Morgan fingerprint density at radius 1 is 1.12 bits per heavy atom. The van der Waals surface area contributed by atoms with Crippen molar-refractivity contribution in [2.24, 2.45) is 11.5 Å². The van der Waals surface area contributed by atoms with Crippen molar-refractivity contribution in [3.63, 3.8) is 0 Å². The molecule has 3 heterocycles. The minimum absolute atomic E-state index is 0.0786. The number of carboxylic acid groups (broad SMARTS) is 1. The van der Waals surface area contributed by atoms with Crippen molar-refractivity contribution in [1.82, 2.24) is 25.1 Å². The van der Waals surface area contributed by atoms with E-state index >= 15 is 0 Å². The topological polar surface area (TPSA) is 205 Å². The molecule has 0 aliphatic carbocycles. The van der Waals surface area contributed by atoms with Gasteiger partial charge in [-0.25, -0.2) is 9.78 Å². The highest BCUT2D eigenvalue weighted by Gasteiger charge is 2.41. The fourth-order valence-corrected chi connectivity index (χ4v) is 4.39. The van der Waals surface area contributed by atoms with Crippen LogP contribution in [0.3, 0.4) is 0 Å². The van der Waals surface area contributed by atoms with Gasteiger partial charge in [0, 0.05) is 31.4 Å². The molecule has 2 aliphatic rings. The summed E-state index contributed by atoms with van der Waals surface area (Å²) >= 11 is 0. The summed E-state index contributed by atoms with van der Waals surface area (Å²) in [6.45, 7) is 0.566. The van der Waals surface area contributed by atoms with Crippen molar-refractivity contribution in [1.29, 1.82) is 0 Å². The first kappa shape index (κ1) is 24.2. The lowest BCUT2D eigenvalue weighted by atomic mass is 10.1. The van der Waals surface area contributed by atoms with Crippen molar-refractivity contribution in [2.45, 2.75) is 62.7 Å². The number of hydrogen-bond acceptors (Lipinski definition) is 7. The number of primary amides is 1. The summed E-state index contributed by atoms with van der Waals surface area (Å²) in [5, 5.41) is 12.2. The fraction of sp³-hybridized carbons (Fsp3) is 0.600. The number of imidazole rings is 1. The zero-order valence-corrected chi connectivity index (χ0v) is 18.1. The zero-order valence-electron chi connectivity index (χ0n) is 18.1. The van der Waals surface area contributed by atoms with Crippen LogP contribution in [0, 0.1) is 0 Å². The molecule has 0 aromatic carbocycles. The number of hydrogen-bond donors (Lipinski definition) is 5. The highest BCUT2D eigenvalue weighted by Crippen LogP contribution is 2.22. The Kier molecular flexibility index (Phi) is 7.63. The van der Waals surface area contributed by atoms with Gasteiger partial charge in [-0.2, -0.15) is 0 Å². The third-order valence-corrected chi connectivity index (χ3v) is 5.99. The number of nitrogens with one attached hydrogen (secondary N) is 2. The summed E-state index contributed by atoms with van der Waals surface area (Å²) in [7, 11) is 0. The predicted octanol–water partition coefficient (Wildman–Crippen LogP) is -2.29. The average molecular weight is 463 g/mol. The molecule has 180 valence electrons. The molecule has 4 amide bonds. The highest BCUT2D eigenvalue weighted by atomic mass is 16.4. The number of aromatic nitrogens is 2. The largest absolute Gasteiger partial charge is 0.480 e. The molecule has 1 aromatic heterocycles. The molecule has 0 radical (unpaired) electrons.